The van der Waals surface area contributed by atoms with Gasteiger partial charge in [-0.2, -0.15) is 4.98 Å². The van der Waals surface area contributed by atoms with E-state index in [-0.39, 0.29) is 10.6 Å². The third kappa shape index (κ3) is 4.19. The van der Waals surface area contributed by atoms with Crippen LogP contribution in [0.5, 0.6) is 0 Å². The quantitative estimate of drug-likeness (QED) is 0.313. The molecule has 0 saturated heterocycles. The van der Waals surface area contributed by atoms with E-state index < -0.39 is 21.4 Å². The van der Waals surface area contributed by atoms with Gasteiger partial charge in [-0.1, -0.05) is 13.8 Å². The number of aromatic nitrogens is 1. The van der Waals surface area contributed by atoms with Crippen LogP contribution in [0.2, 0.25) is 0 Å². The third-order valence-corrected chi connectivity index (χ3v) is 7.34. The fourth-order valence-electron chi connectivity index (χ4n) is 2.44. The van der Waals surface area contributed by atoms with Crippen molar-refractivity contribution in [1.82, 2.24) is 4.98 Å². The maximum absolute atomic E-state index is 11.5. The molecule has 0 spiro atoms. The number of thioether (sulfide) groups is 1. The molecule has 0 aliphatic heterocycles. The van der Waals surface area contributed by atoms with Crippen molar-refractivity contribution in [3.8, 4) is 10.6 Å². The van der Waals surface area contributed by atoms with Crippen molar-refractivity contribution in [1.29, 1.82) is 0 Å². The summed E-state index contributed by atoms with van der Waals surface area (Å²) in [6.45, 7) is 7.63. The minimum Gasteiger partial charge on any atom is -0.540 e. The van der Waals surface area contributed by atoms with Crippen molar-refractivity contribution >= 4 is 33.9 Å². The number of aromatic carboxylic acids is 1. The van der Waals surface area contributed by atoms with Gasteiger partial charge in [-0.05, 0) is 31.9 Å². The Bertz CT molecular complexity index is 815. The standard InChI is InChI=1S/C17H20N2O4S2/c1-5-25-15(17(20)21)11(4)18-16(25)12-6-7-14(24-9-10(2)3)13(8-12)19(22)23/h6-8,10H,5,9H2,1-4H3. The molecule has 8 heteroatoms. The molecular formula is C17H20N2O4S2. The van der Waals surface area contributed by atoms with Gasteiger partial charge in [0.15, 0.2) is 0 Å². The van der Waals surface area contributed by atoms with Gasteiger partial charge in [-0.25, -0.2) is 0 Å². The van der Waals surface area contributed by atoms with Crippen molar-refractivity contribution in [2.75, 3.05) is 5.75 Å². The first-order chi connectivity index (χ1) is 11.8. The van der Waals surface area contributed by atoms with Gasteiger partial charge < -0.3 is 9.90 Å². The molecule has 0 N–H and O–H groups in total. The van der Waals surface area contributed by atoms with Gasteiger partial charge in [0.2, 0.25) is 4.88 Å². The molecule has 2 rings (SSSR count). The van der Waals surface area contributed by atoms with Gasteiger partial charge in [0.1, 0.15) is 17.4 Å². The van der Waals surface area contributed by atoms with Crippen LogP contribution in [0.1, 0.15) is 36.1 Å². The van der Waals surface area contributed by atoms with Gasteiger partial charge in [0.25, 0.3) is 10.7 Å². The third-order valence-electron chi connectivity index (χ3n) is 3.53. The summed E-state index contributed by atoms with van der Waals surface area (Å²) in [5.74, 6) is 0.555. The Hall–Kier alpha value is -1.93. The highest BCUT2D eigenvalue weighted by Crippen LogP contribution is 2.41. The van der Waals surface area contributed by atoms with Gasteiger partial charge in [-0.3, -0.25) is 10.1 Å². The first-order valence-electron chi connectivity index (χ1n) is 7.89. The average molecular weight is 380 g/mol. The summed E-state index contributed by atoms with van der Waals surface area (Å²) < 4.78 is 0. The second-order valence-corrected chi connectivity index (χ2v) is 9.16. The van der Waals surface area contributed by atoms with Crippen LogP contribution in [0, 0.1) is 23.0 Å². The number of nitrogens with zero attached hydrogens (tertiary/aromatic N) is 2. The first-order valence-corrected chi connectivity index (χ1v) is 10.3. The maximum Gasteiger partial charge on any atom is 0.283 e. The summed E-state index contributed by atoms with van der Waals surface area (Å²) in [4.78, 5) is 27.6. The Morgan fingerprint density at radius 1 is 1.40 bits per heavy atom. The van der Waals surface area contributed by atoms with Crippen LogP contribution in [0.15, 0.2) is 23.1 Å². The van der Waals surface area contributed by atoms with Crippen LogP contribution < -0.4 is 5.11 Å². The topological polar surface area (TPSA) is 96.2 Å². The minimum absolute atomic E-state index is 0.0325. The fraction of sp³-hybridized carbons (Fsp3) is 0.412. The van der Waals surface area contributed by atoms with Gasteiger partial charge in [-0.15, -0.1) is 11.8 Å². The number of nitro groups is 1. The zero-order chi connectivity index (χ0) is 18.7. The lowest BCUT2D eigenvalue weighted by molar-refractivity contribution is -0.387. The van der Waals surface area contributed by atoms with Crippen LogP contribution in [0.25, 0.3) is 10.6 Å². The van der Waals surface area contributed by atoms with E-state index in [4.69, 9.17) is 0 Å². The van der Waals surface area contributed by atoms with Crippen LogP contribution >= 0.6 is 22.2 Å². The zero-order valence-electron chi connectivity index (χ0n) is 14.6. The normalized spacial score (nSPS) is 11.8. The number of carboxylic acid groups (broad SMARTS) is 1. The molecule has 1 aromatic carbocycles. The summed E-state index contributed by atoms with van der Waals surface area (Å²) in [7, 11) is -0.722. The van der Waals surface area contributed by atoms with Gasteiger partial charge in [0, 0.05) is 22.3 Å². The number of carbonyl (C=O) groups is 1. The molecule has 25 heavy (non-hydrogen) atoms. The number of thiazole rings is 1. The van der Waals surface area contributed by atoms with Crippen LogP contribution in [-0.4, -0.2) is 21.6 Å². The molecule has 1 heterocycles. The average Bonchev–Trinajstić information content (AvgIpc) is 2.89. The molecular weight excluding hydrogens is 360 g/mol. The summed E-state index contributed by atoms with van der Waals surface area (Å²) in [6.07, 6.45) is 0. The second-order valence-electron chi connectivity index (χ2n) is 5.94. The number of rotatable bonds is 7. The van der Waals surface area contributed by atoms with E-state index in [1.165, 1.54) is 17.8 Å². The molecule has 0 aliphatic rings. The van der Waals surface area contributed by atoms with Crippen molar-refractivity contribution < 1.29 is 14.8 Å². The summed E-state index contributed by atoms with van der Waals surface area (Å²) in [5.41, 5.74) is 1.05. The summed E-state index contributed by atoms with van der Waals surface area (Å²) in [5, 5.41) is 23.4. The molecule has 2 aromatic rings. The number of hydrogen-bond acceptors (Lipinski definition) is 6. The molecule has 0 saturated carbocycles. The SMILES string of the molecule is CC[s+]1c(-c2ccc(SCC(C)C)c([N+](=O)[O-])c2)nc(C)c1C(=O)[O-]. The number of nitro benzene ring substituents is 1. The first kappa shape index (κ1) is 19.4. The predicted octanol–water partition coefficient (Wildman–Crippen LogP) is 3.85. The highest BCUT2D eigenvalue weighted by Gasteiger charge is 2.29. The monoisotopic (exact) mass is 380 g/mol. The van der Waals surface area contributed by atoms with E-state index in [1.54, 1.807) is 19.1 Å². The number of hydrogen-bond donors (Lipinski definition) is 0. The zero-order valence-corrected chi connectivity index (χ0v) is 16.2. The minimum atomic E-state index is -1.22. The highest BCUT2D eigenvalue weighted by molar-refractivity contribution is 7.99. The van der Waals surface area contributed by atoms with Crippen LogP contribution in [-0.2, 0) is 5.75 Å². The second kappa shape index (κ2) is 7.97. The molecule has 6 nitrogen and oxygen atoms in total. The van der Waals surface area contributed by atoms with E-state index in [2.05, 4.69) is 18.8 Å². The van der Waals surface area contributed by atoms with Crippen molar-refractivity contribution in [3.05, 3.63) is 38.9 Å². The van der Waals surface area contributed by atoms with E-state index in [0.29, 0.717) is 32.8 Å². The van der Waals surface area contributed by atoms with Crippen molar-refractivity contribution in [2.45, 2.75) is 38.3 Å². The van der Waals surface area contributed by atoms with Crippen LogP contribution in [0.3, 0.4) is 0 Å². The molecule has 0 amide bonds. The van der Waals surface area contributed by atoms with Gasteiger partial charge >= 0.3 is 0 Å². The highest BCUT2D eigenvalue weighted by atomic mass is 32.2. The number of aryl methyl sites for hydroxylation is 1. The Balaban J connectivity index is 2.54. The molecule has 0 bridgehead atoms. The van der Waals surface area contributed by atoms with Crippen LogP contribution in [0.4, 0.5) is 5.69 Å². The lowest BCUT2D eigenvalue weighted by Gasteiger charge is -2.06. The molecule has 1 atom stereocenters. The molecule has 0 fully saturated rings. The van der Waals surface area contributed by atoms with E-state index >= 15 is 0 Å². The summed E-state index contributed by atoms with van der Waals surface area (Å²) in [6, 6.07) is 5.02. The van der Waals surface area contributed by atoms with Crippen molar-refractivity contribution in [2.24, 2.45) is 5.92 Å². The lowest BCUT2D eigenvalue weighted by atomic mass is 10.2. The largest absolute Gasteiger partial charge is 0.540 e. The Labute approximate surface area is 153 Å². The van der Waals surface area contributed by atoms with E-state index in [1.807, 2.05) is 6.92 Å². The Morgan fingerprint density at radius 3 is 2.60 bits per heavy atom. The number of carboxylic acids is 1. The Kier molecular flexibility index (Phi) is 6.18. The van der Waals surface area contributed by atoms with Crippen molar-refractivity contribution in [3.63, 3.8) is 0 Å². The van der Waals surface area contributed by atoms with E-state index in [9.17, 15) is 20.0 Å². The smallest absolute Gasteiger partial charge is 0.283 e. The Morgan fingerprint density at radius 2 is 2.08 bits per heavy atom. The molecule has 134 valence electrons. The summed E-state index contributed by atoms with van der Waals surface area (Å²) >= 11 is 1.45. The maximum atomic E-state index is 11.5. The fourth-order valence-corrected chi connectivity index (χ4v) is 5.42. The molecule has 0 aliphatic carbocycles. The van der Waals surface area contributed by atoms with Gasteiger partial charge in [0.05, 0.1) is 15.4 Å². The lowest BCUT2D eigenvalue weighted by Crippen LogP contribution is -2.22. The number of benzene rings is 1. The predicted molar refractivity (Wildman–Crippen MR) is 99.1 cm³/mol. The molecule has 1 aromatic heterocycles. The molecule has 1 unspecified atom stereocenters. The molecule has 0 radical (unpaired) electrons. The van der Waals surface area contributed by atoms with E-state index in [0.717, 1.165) is 5.75 Å². The number of carbonyl (C=O) groups excluding carboxylic acids is 1.